The van der Waals surface area contributed by atoms with Crippen molar-refractivity contribution in [3.63, 3.8) is 0 Å². The molecule has 0 saturated heterocycles. The number of fused-ring (bicyclic) bond motifs is 1. The Kier molecular flexibility index (Phi) is 2.65. The Labute approximate surface area is 109 Å². The molecule has 1 aromatic heterocycles. The van der Waals surface area contributed by atoms with Crippen molar-refractivity contribution in [3.05, 3.63) is 59.1 Å². The highest BCUT2D eigenvalue weighted by molar-refractivity contribution is 6.31. The van der Waals surface area contributed by atoms with E-state index in [1.165, 1.54) is 0 Å². The Morgan fingerprint density at radius 1 is 1.06 bits per heavy atom. The third kappa shape index (κ3) is 1.81. The molecule has 0 spiro atoms. The number of halogens is 1. The van der Waals surface area contributed by atoms with E-state index in [4.69, 9.17) is 16.0 Å². The van der Waals surface area contributed by atoms with Gasteiger partial charge >= 0.3 is 0 Å². The molecule has 0 aliphatic carbocycles. The molecular weight excluding hydrogens is 248 g/mol. The molecule has 3 rings (SSSR count). The van der Waals surface area contributed by atoms with Crippen molar-refractivity contribution in [1.82, 2.24) is 0 Å². The Balaban J connectivity index is 2.25. The van der Waals surface area contributed by atoms with E-state index in [2.05, 4.69) is 0 Å². The van der Waals surface area contributed by atoms with E-state index in [0.29, 0.717) is 21.9 Å². The van der Waals surface area contributed by atoms with Gasteiger partial charge in [-0.15, -0.1) is 0 Å². The first-order valence-electron chi connectivity index (χ1n) is 5.51. The molecule has 0 aliphatic heterocycles. The molecule has 88 valence electrons. The number of aldehydes is 1. The third-order valence-electron chi connectivity index (χ3n) is 2.83. The molecule has 0 radical (unpaired) electrons. The summed E-state index contributed by atoms with van der Waals surface area (Å²) in [6, 6.07) is 14.7. The largest absolute Gasteiger partial charge is 0.456 e. The second-order valence-corrected chi connectivity index (χ2v) is 4.43. The molecule has 0 bridgehead atoms. The topological polar surface area (TPSA) is 30.2 Å². The van der Waals surface area contributed by atoms with Crippen molar-refractivity contribution in [2.24, 2.45) is 0 Å². The minimum absolute atomic E-state index is 0.568. The summed E-state index contributed by atoms with van der Waals surface area (Å²) < 4.78 is 5.73. The van der Waals surface area contributed by atoms with Crippen LogP contribution in [0.15, 0.2) is 52.9 Å². The molecule has 0 fully saturated rings. The van der Waals surface area contributed by atoms with Crippen molar-refractivity contribution in [3.8, 4) is 11.3 Å². The zero-order valence-corrected chi connectivity index (χ0v) is 10.1. The first-order valence-corrected chi connectivity index (χ1v) is 5.89. The van der Waals surface area contributed by atoms with Gasteiger partial charge in [0.05, 0.1) is 0 Å². The molecule has 0 atom stereocenters. The number of carbonyl (C=O) groups excluding carboxylic acids is 1. The third-order valence-corrected chi connectivity index (χ3v) is 3.07. The minimum Gasteiger partial charge on any atom is -0.456 e. The van der Waals surface area contributed by atoms with Gasteiger partial charge in [0.25, 0.3) is 0 Å². The number of para-hydroxylation sites is 1. The maximum absolute atomic E-state index is 11.0. The highest BCUT2D eigenvalue weighted by Gasteiger charge is 2.10. The minimum atomic E-state index is 0.568. The van der Waals surface area contributed by atoms with Crippen LogP contribution in [0.1, 0.15) is 10.4 Å². The van der Waals surface area contributed by atoms with Crippen LogP contribution in [-0.4, -0.2) is 6.29 Å². The molecule has 1 heterocycles. The normalized spacial score (nSPS) is 10.7. The van der Waals surface area contributed by atoms with Crippen molar-refractivity contribution in [2.75, 3.05) is 0 Å². The summed E-state index contributed by atoms with van der Waals surface area (Å²) in [6.45, 7) is 0. The van der Waals surface area contributed by atoms with Gasteiger partial charge in [0, 0.05) is 21.5 Å². The van der Waals surface area contributed by atoms with Crippen LogP contribution in [0.2, 0.25) is 5.02 Å². The summed E-state index contributed by atoms with van der Waals surface area (Å²) in [4.78, 5) is 11.0. The van der Waals surface area contributed by atoms with Crippen LogP contribution in [0.4, 0.5) is 0 Å². The van der Waals surface area contributed by atoms with Gasteiger partial charge < -0.3 is 4.42 Å². The Morgan fingerprint density at radius 2 is 1.89 bits per heavy atom. The van der Waals surface area contributed by atoms with Gasteiger partial charge in [-0.1, -0.05) is 29.8 Å². The van der Waals surface area contributed by atoms with Crippen LogP contribution in [-0.2, 0) is 0 Å². The Hall–Kier alpha value is -2.06. The molecule has 0 aliphatic rings. The lowest BCUT2D eigenvalue weighted by Crippen LogP contribution is -1.85. The van der Waals surface area contributed by atoms with Gasteiger partial charge in [-0.2, -0.15) is 0 Å². The zero-order valence-electron chi connectivity index (χ0n) is 9.39. The molecule has 0 N–H and O–H groups in total. The summed E-state index contributed by atoms with van der Waals surface area (Å²) in [5.41, 5.74) is 2.08. The fourth-order valence-electron chi connectivity index (χ4n) is 1.96. The molecular formula is C15H9ClO2. The molecule has 18 heavy (non-hydrogen) atoms. The van der Waals surface area contributed by atoms with E-state index < -0.39 is 0 Å². The Bertz CT molecular complexity index is 695. The smallest absolute Gasteiger partial charge is 0.150 e. The lowest BCUT2D eigenvalue weighted by Gasteiger charge is -2.01. The first kappa shape index (κ1) is 11.1. The monoisotopic (exact) mass is 256 g/mol. The molecule has 0 amide bonds. The molecule has 0 unspecified atom stereocenters. The quantitative estimate of drug-likeness (QED) is 0.629. The highest BCUT2D eigenvalue weighted by Crippen LogP contribution is 2.31. The van der Waals surface area contributed by atoms with Gasteiger partial charge in [0.2, 0.25) is 0 Å². The maximum atomic E-state index is 11.0. The standard InChI is InChI=1S/C15H9ClO2/c16-12-6-5-11(9-17)13(8-12)15-7-10-3-1-2-4-14(10)18-15/h1-9H. The molecule has 2 nitrogen and oxygen atoms in total. The van der Waals surface area contributed by atoms with Crippen LogP contribution in [0.25, 0.3) is 22.3 Å². The van der Waals surface area contributed by atoms with Crippen molar-refractivity contribution < 1.29 is 9.21 Å². The van der Waals surface area contributed by atoms with E-state index in [-0.39, 0.29) is 0 Å². The van der Waals surface area contributed by atoms with Gasteiger partial charge in [-0.3, -0.25) is 4.79 Å². The van der Waals surface area contributed by atoms with Crippen LogP contribution >= 0.6 is 11.6 Å². The second-order valence-electron chi connectivity index (χ2n) is 4.00. The van der Waals surface area contributed by atoms with E-state index in [9.17, 15) is 4.79 Å². The lowest BCUT2D eigenvalue weighted by molar-refractivity contribution is 0.112. The fourth-order valence-corrected chi connectivity index (χ4v) is 2.13. The van der Waals surface area contributed by atoms with Gasteiger partial charge in [0.15, 0.2) is 6.29 Å². The number of carbonyl (C=O) groups is 1. The van der Waals surface area contributed by atoms with E-state index in [1.54, 1.807) is 18.2 Å². The summed E-state index contributed by atoms with van der Waals surface area (Å²) in [6.07, 6.45) is 0.804. The van der Waals surface area contributed by atoms with Crippen LogP contribution in [0.3, 0.4) is 0 Å². The van der Waals surface area contributed by atoms with E-state index in [1.807, 2.05) is 30.3 Å². The SMILES string of the molecule is O=Cc1ccc(Cl)cc1-c1cc2ccccc2o1. The fraction of sp³-hybridized carbons (Fsp3) is 0. The van der Waals surface area contributed by atoms with Crippen LogP contribution in [0.5, 0.6) is 0 Å². The van der Waals surface area contributed by atoms with Gasteiger partial charge in [0.1, 0.15) is 11.3 Å². The summed E-state index contributed by atoms with van der Waals surface area (Å²) in [7, 11) is 0. The molecule has 3 heteroatoms. The molecule has 2 aromatic carbocycles. The maximum Gasteiger partial charge on any atom is 0.150 e. The number of rotatable bonds is 2. The van der Waals surface area contributed by atoms with Crippen LogP contribution < -0.4 is 0 Å². The summed E-state index contributed by atoms with van der Waals surface area (Å²) >= 11 is 5.96. The lowest BCUT2D eigenvalue weighted by atomic mass is 10.1. The number of hydrogen-bond acceptors (Lipinski definition) is 2. The van der Waals surface area contributed by atoms with Crippen molar-refractivity contribution >= 4 is 28.9 Å². The average molecular weight is 257 g/mol. The summed E-state index contributed by atoms with van der Waals surface area (Å²) in [5, 5.41) is 1.58. The predicted octanol–water partition coefficient (Wildman–Crippen LogP) is 4.57. The first-order chi connectivity index (χ1) is 8.78. The van der Waals surface area contributed by atoms with Crippen molar-refractivity contribution in [2.45, 2.75) is 0 Å². The summed E-state index contributed by atoms with van der Waals surface area (Å²) in [5.74, 6) is 0.654. The molecule has 0 saturated carbocycles. The number of benzene rings is 2. The van der Waals surface area contributed by atoms with Crippen LogP contribution in [0, 0.1) is 0 Å². The van der Waals surface area contributed by atoms with E-state index in [0.717, 1.165) is 17.3 Å². The van der Waals surface area contributed by atoms with Crippen molar-refractivity contribution in [1.29, 1.82) is 0 Å². The highest BCUT2D eigenvalue weighted by atomic mass is 35.5. The second kappa shape index (κ2) is 4.31. The predicted molar refractivity (Wildman–Crippen MR) is 72.0 cm³/mol. The zero-order chi connectivity index (χ0) is 12.5. The van der Waals surface area contributed by atoms with Gasteiger partial charge in [-0.05, 0) is 30.3 Å². The van der Waals surface area contributed by atoms with Gasteiger partial charge in [-0.25, -0.2) is 0 Å². The number of hydrogen-bond donors (Lipinski definition) is 0. The average Bonchev–Trinajstić information content (AvgIpc) is 2.82. The number of furan rings is 1. The Morgan fingerprint density at radius 3 is 2.67 bits per heavy atom. The molecule has 3 aromatic rings. The van der Waals surface area contributed by atoms with E-state index >= 15 is 0 Å².